The fourth-order valence-corrected chi connectivity index (χ4v) is 7.81. The molecular formula is C54H72O10. The van der Waals surface area contributed by atoms with Crippen LogP contribution >= 0.6 is 0 Å². The SMILES string of the molecule is C=CC(=O)OCCCCCCCCCCCOc1ccc(C(=O)Oc2ccc(C3CCC(OC(=O)c4ccc(OCCCCCCCCCCCOC(=O)C=C)cc4)CC3)cc2)cc1. The molecule has 10 heteroatoms. The maximum atomic E-state index is 12.9. The third-order valence-corrected chi connectivity index (χ3v) is 11.6. The first-order valence-electron chi connectivity index (χ1n) is 23.9. The van der Waals surface area contributed by atoms with Gasteiger partial charge in [0.05, 0.1) is 37.6 Å². The van der Waals surface area contributed by atoms with E-state index in [0.29, 0.717) is 49.2 Å². The van der Waals surface area contributed by atoms with Crippen LogP contribution in [0.3, 0.4) is 0 Å². The summed E-state index contributed by atoms with van der Waals surface area (Å²) in [6.45, 7) is 9.04. The molecule has 0 unspecified atom stereocenters. The van der Waals surface area contributed by atoms with Crippen LogP contribution in [0.5, 0.6) is 17.2 Å². The standard InChI is InChI=1S/C54H72O10/c1-3-51(55)61-41-21-17-13-9-5-7-11-15-19-39-59-47-31-27-45(28-32-47)53(57)63-49-35-23-43(24-36-49)44-25-37-50(38-26-44)64-54(58)46-29-33-48(34-30-46)60-40-20-16-12-8-6-10-14-18-22-42-62-52(56)4-2/h3-4,23-24,27-36,44,50H,1-2,5-22,25-26,37-42H2. The maximum absolute atomic E-state index is 12.9. The number of carbonyl (C=O) groups excluding carboxylic acids is 4. The Hall–Kier alpha value is -5.38. The van der Waals surface area contributed by atoms with E-state index in [2.05, 4.69) is 13.2 Å². The van der Waals surface area contributed by atoms with Crippen LogP contribution in [0.1, 0.15) is 173 Å². The molecule has 0 heterocycles. The Morgan fingerprint density at radius 1 is 0.438 bits per heavy atom. The predicted molar refractivity (Wildman–Crippen MR) is 251 cm³/mol. The largest absolute Gasteiger partial charge is 0.494 e. The van der Waals surface area contributed by atoms with E-state index in [0.717, 1.165) is 95.0 Å². The average Bonchev–Trinajstić information content (AvgIpc) is 3.32. The molecule has 0 bridgehead atoms. The summed E-state index contributed by atoms with van der Waals surface area (Å²) in [5, 5.41) is 0. The van der Waals surface area contributed by atoms with Crippen molar-refractivity contribution in [2.75, 3.05) is 26.4 Å². The zero-order valence-electron chi connectivity index (χ0n) is 38.1. The van der Waals surface area contributed by atoms with Crippen molar-refractivity contribution in [2.24, 2.45) is 0 Å². The second-order valence-electron chi connectivity index (χ2n) is 16.7. The Morgan fingerprint density at radius 3 is 1.20 bits per heavy atom. The van der Waals surface area contributed by atoms with Crippen LogP contribution in [0.15, 0.2) is 98.1 Å². The van der Waals surface area contributed by atoms with Gasteiger partial charge in [-0.15, -0.1) is 0 Å². The first kappa shape index (κ1) is 51.3. The second kappa shape index (κ2) is 31.5. The molecule has 1 aliphatic rings. The van der Waals surface area contributed by atoms with Gasteiger partial charge in [0.1, 0.15) is 23.4 Å². The molecule has 0 amide bonds. The van der Waals surface area contributed by atoms with Crippen LogP contribution in [0, 0.1) is 0 Å². The summed E-state index contributed by atoms with van der Waals surface area (Å²) in [7, 11) is 0. The van der Waals surface area contributed by atoms with Crippen LogP contribution in [-0.4, -0.2) is 56.4 Å². The molecule has 3 aromatic rings. The molecule has 3 aromatic carbocycles. The molecule has 0 aromatic heterocycles. The van der Waals surface area contributed by atoms with Crippen molar-refractivity contribution in [1.29, 1.82) is 0 Å². The molecule has 10 nitrogen and oxygen atoms in total. The monoisotopic (exact) mass is 881 g/mol. The van der Waals surface area contributed by atoms with E-state index in [1.54, 1.807) is 24.3 Å². The smallest absolute Gasteiger partial charge is 0.343 e. The molecule has 0 radical (unpaired) electrons. The van der Waals surface area contributed by atoms with Gasteiger partial charge in [-0.3, -0.25) is 0 Å². The highest BCUT2D eigenvalue weighted by Gasteiger charge is 2.25. The molecule has 0 aliphatic heterocycles. The molecule has 1 fully saturated rings. The van der Waals surface area contributed by atoms with Gasteiger partial charge in [0.25, 0.3) is 0 Å². The van der Waals surface area contributed by atoms with Crippen LogP contribution in [0.4, 0.5) is 0 Å². The van der Waals surface area contributed by atoms with Crippen molar-refractivity contribution in [3.63, 3.8) is 0 Å². The van der Waals surface area contributed by atoms with E-state index in [-0.39, 0.29) is 24.0 Å². The van der Waals surface area contributed by atoms with Gasteiger partial charge < -0.3 is 28.4 Å². The van der Waals surface area contributed by atoms with Gasteiger partial charge in [-0.2, -0.15) is 0 Å². The first-order chi connectivity index (χ1) is 31.3. The second-order valence-corrected chi connectivity index (χ2v) is 16.7. The van der Waals surface area contributed by atoms with Crippen molar-refractivity contribution in [3.05, 3.63) is 115 Å². The summed E-state index contributed by atoms with van der Waals surface area (Å²) >= 11 is 0. The summed E-state index contributed by atoms with van der Waals surface area (Å²) in [5.41, 5.74) is 2.18. The van der Waals surface area contributed by atoms with Crippen molar-refractivity contribution >= 4 is 23.9 Å². The average molecular weight is 881 g/mol. The molecular weight excluding hydrogens is 809 g/mol. The zero-order chi connectivity index (χ0) is 45.5. The highest BCUT2D eigenvalue weighted by molar-refractivity contribution is 5.91. The summed E-state index contributed by atoms with van der Waals surface area (Å²) in [4.78, 5) is 47.9. The van der Waals surface area contributed by atoms with Gasteiger partial charge in [0, 0.05) is 12.2 Å². The third-order valence-electron chi connectivity index (χ3n) is 11.6. The lowest BCUT2D eigenvalue weighted by molar-refractivity contribution is -0.138. The van der Waals surface area contributed by atoms with Crippen LogP contribution < -0.4 is 14.2 Å². The van der Waals surface area contributed by atoms with Crippen molar-refractivity contribution < 1.29 is 47.6 Å². The molecule has 0 N–H and O–H groups in total. The number of rotatable bonds is 33. The number of benzene rings is 3. The summed E-state index contributed by atoms with van der Waals surface area (Å²) in [6.07, 6.45) is 25.9. The lowest BCUT2D eigenvalue weighted by Gasteiger charge is -2.28. The molecule has 1 aliphatic carbocycles. The number of unbranched alkanes of at least 4 members (excludes halogenated alkanes) is 16. The van der Waals surface area contributed by atoms with Gasteiger partial charge in [0.2, 0.25) is 0 Å². The highest BCUT2D eigenvalue weighted by Crippen LogP contribution is 2.35. The first-order valence-corrected chi connectivity index (χ1v) is 23.9. The zero-order valence-corrected chi connectivity index (χ0v) is 38.1. The molecule has 4 rings (SSSR count). The fraction of sp³-hybridized carbons (Fsp3) is 0.519. The van der Waals surface area contributed by atoms with E-state index in [4.69, 9.17) is 28.4 Å². The Labute approximate surface area is 382 Å². The van der Waals surface area contributed by atoms with Crippen LogP contribution in [-0.2, 0) is 23.8 Å². The Kier molecular flexibility index (Phi) is 25.2. The minimum atomic E-state index is -0.412. The lowest BCUT2D eigenvalue weighted by Crippen LogP contribution is -2.24. The van der Waals surface area contributed by atoms with Crippen molar-refractivity contribution in [1.82, 2.24) is 0 Å². The number of ether oxygens (including phenoxy) is 6. The molecule has 348 valence electrons. The topological polar surface area (TPSA) is 124 Å². The Balaban J connectivity index is 1.00. The molecule has 0 atom stereocenters. The minimum absolute atomic E-state index is 0.113. The predicted octanol–water partition coefficient (Wildman–Crippen LogP) is 13.0. The molecule has 1 saturated carbocycles. The van der Waals surface area contributed by atoms with Gasteiger partial charge in [-0.25, -0.2) is 19.2 Å². The third kappa shape index (κ3) is 21.3. The van der Waals surface area contributed by atoms with E-state index in [1.807, 2.05) is 48.5 Å². The van der Waals surface area contributed by atoms with E-state index in [9.17, 15) is 19.2 Å². The number of hydrogen-bond acceptors (Lipinski definition) is 10. The number of carbonyl (C=O) groups is 4. The van der Waals surface area contributed by atoms with Crippen molar-refractivity contribution in [2.45, 2.75) is 153 Å². The lowest BCUT2D eigenvalue weighted by atomic mass is 9.83. The Bertz CT molecular complexity index is 1790. The highest BCUT2D eigenvalue weighted by atomic mass is 16.5. The fourth-order valence-electron chi connectivity index (χ4n) is 7.81. The maximum Gasteiger partial charge on any atom is 0.343 e. The number of esters is 4. The summed E-state index contributed by atoms with van der Waals surface area (Å²) < 4.78 is 33.4. The van der Waals surface area contributed by atoms with Crippen molar-refractivity contribution in [3.8, 4) is 17.2 Å². The Morgan fingerprint density at radius 2 is 0.797 bits per heavy atom. The molecule has 64 heavy (non-hydrogen) atoms. The number of hydrogen-bond donors (Lipinski definition) is 0. The molecule has 0 spiro atoms. The van der Waals surface area contributed by atoms with Gasteiger partial charge >= 0.3 is 23.9 Å². The normalized spacial score (nSPS) is 14.5. The van der Waals surface area contributed by atoms with E-state index >= 15 is 0 Å². The van der Waals surface area contributed by atoms with Crippen LogP contribution in [0.2, 0.25) is 0 Å². The summed E-state index contributed by atoms with van der Waals surface area (Å²) in [5.74, 6) is 0.934. The van der Waals surface area contributed by atoms with Gasteiger partial charge in [-0.1, -0.05) is 115 Å². The molecule has 0 saturated heterocycles. The summed E-state index contributed by atoms with van der Waals surface area (Å²) in [6, 6.07) is 22.1. The van der Waals surface area contributed by atoms with E-state index in [1.165, 1.54) is 75.5 Å². The van der Waals surface area contributed by atoms with E-state index < -0.39 is 5.97 Å². The van der Waals surface area contributed by atoms with Gasteiger partial charge in [-0.05, 0) is 124 Å². The minimum Gasteiger partial charge on any atom is -0.494 e. The van der Waals surface area contributed by atoms with Gasteiger partial charge in [0.15, 0.2) is 0 Å². The quantitative estimate of drug-likeness (QED) is 0.0192. The van der Waals surface area contributed by atoms with Crippen LogP contribution in [0.25, 0.3) is 0 Å².